The van der Waals surface area contributed by atoms with E-state index in [9.17, 15) is 9.59 Å². The van der Waals surface area contributed by atoms with Gasteiger partial charge in [0.25, 0.3) is 5.91 Å². The van der Waals surface area contributed by atoms with Crippen molar-refractivity contribution in [2.75, 3.05) is 21.3 Å². The van der Waals surface area contributed by atoms with Crippen LogP contribution in [0.4, 0.5) is 0 Å². The fourth-order valence-corrected chi connectivity index (χ4v) is 3.99. The molecule has 0 radical (unpaired) electrons. The zero-order valence-electron chi connectivity index (χ0n) is 19.8. The molecule has 0 saturated heterocycles. The molecule has 1 N–H and O–H groups in total. The molecule has 3 aromatic carbocycles. The summed E-state index contributed by atoms with van der Waals surface area (Å²) in [4.78, 5) is 25.5. The van der Waals surface area contributed by atoms with Crippen LogP contribution in [0.3, 0.4) is 0 Å². The summed E-state index contributed by atoms with van der Waals surface area (Å²) in [6.07, 6.45) is 1.40. The van der Waals surface area contributed by atoms with E-state index in [1.165, 1.54) is 39.7 Å². The van der Waals surface area contributed by atoms with Gasteiger partial charge in [0.1, 0.15) is 5.75 Å². The van der Waals surface area contributed by atoms with E-state index in [1.54, 1.807) is 30.3 Å². The van der Waals surface area contributed by atoms with Crippen molar-refractivity contribution in [3.63, 3.8) is 0 Å². The number of carbonyl (C=O) groups excluding carboxylic acids is 2. The van der Waals surface area contributed by atoms with Gasteiger partial charge in [0.15, 0.2) is 11.5 Å². The number of benzene rings is 3. The predicted molar refractivity (Wildman–Crippen MR) is 135 cm³/mol. The van der Waals surface area contributed by atoms with Gasteiger partial charge in [0, 0.05) is 15.6 Å². The molecule has 1 amide bonds. The average molecular weight is 555 g/mol. The van der Waals surface area contributed by atoms with Crippen LogP contribution in [-0.2, 0) is 18.0 Å². The third-order valence-electron chi connectivity index (χ3n) is 5.43. The van der Waals surface area contributed by atoms with Crippen LogP contribution >= 0.6 is 15.9 Å². The monoisotopic (exact) mass is 554 g/mol. The highest BCUT2D eigenvalue weighted by Crippen LogP contribution is 2.38. The lowest BCUT2D eigenvalue weighted by Gasteiger charge is -2.14. The number of methoxy groups -OCH3 is 3. The molecule has 1 aliphatic rings. The first-order valence-electron chi connectivity index (χ1n) is 10.8. The average Bonchev–Trinajstić information content (AvgIpc) is 3.37. The zero-order valence-corrected chi connectivity index (χ0v) is 21.4. The first-order valence-corrected chi connectivity index (χ1v) is 11.6. The van der Waals surface area contributed by atoms with Gasteiger partial charge in [0.05, 0.1) is 46.3 Å². The SMILES string of the molecule is COc1cc(C(=O)Oc2ccc(Br)cc2C=NNC(=O)c2ccc3c(c2)COC3)cc(OC)c1OC. The number of ether oxygens (including phenoxy) is 5. The van der Waals surface area contributed by atoms with Gasteiger partial charge in [-0.3, -0.25) is 4.79 Å². The summed E-state index contributed by atoms with van der Waals surface area (Å²) >= 11 is 3.40. The van der Waals surface area contributed by atoms with Gasteiger partial charge in [-0.05, 0) is 53.6 Å². The van der Waals surface area contributed by atoms with Crippen LogP contribution in [0, 0.1) is 0 Å². The highest BCUT2D eigenvalue weighted by Gasteiger charge is 2.19. The quantitative estimate of drug-likeness (QED) is 0.189. The zero-order chi connectivity index (χ0) is 25.7. The first kappa shape index (κ1) is 25.2. The minimum Gasteiger partial charge on any atom is -0.493 e. The van der Waals surface area contributed by atoms with Gasteiger partial charge in [0.2, 0.25) is 5.75 Å². The van der Waals surface area contributed by atoms with Gasteiger partial charge < -0.3 is 23.7 Å². The van der Waals surface area contributed by atoms with Crippen LogP contribution < -0.4 is 24.4 Å². The molecule has 10 heteroatoms. The van der Waals surface area contributed by atoms with Gasteiger partial charge >= 0.3 is 5.97 Å². The summed E-state index contributed by atoms with van der Waals surface area (Å²) in [5.74, 6) is 0.233. The van der Waals surface area contributed by atoms with Crippen molar-refractivity contribution in [1.82, 2.24) is 5.43 Å². The lowest BCUT2D eigenvalue weighted by atomic mass is 10.1. The molecule has 9 nitrogen and oxygen atoms in total. The molecular weight excluding hydrogens is 532 g/mol. The molecule has 3 aromatic rings. The number of nitrogens with zero attached hydrogens (tertiary/aromatic N) is 1. The second kappa shape index (κ2) is 11.2. The van der Waals surface area contributed by atoms with Crippen LogP contribution in [0.1, 0.15) is 37.4 Å². The van der Waals surface area contributed by atoms with Gasteiger partial charge in [-0.15, -0.1) is 0 Å². The Morgan fingerprint density at radius 3 is 2.31 bits per heavy atom. The molecule has 36 heavy (non-hydrogen) atoms. The lowest BCUT2D eigenvalue weighted by Crippen LogP contribution is -2.18. The maximum atomic E-state index is 12.9. The van der Waals surface area contributed by atoms with E-state index in [4.69, 9.17) is 23.7 Å². The second-order valence-electron chi connectivity index (χ2n) is 7.66. The molecule has 0 saturated carbocycles. The van der Waals surface area contributed by atoms with Crippen molar-refractivity contribution in [1.29, 1.82) is 0 Å². The van der Waals surface area contributed by atoms with Crippen molar-refractivity contribution in [2.24, 2.45) is 5.10 Å². The highest BCUT2D eigenvalue weighted by atomic mass is 79.9. The largest absolute Gasteiger partial charge is 0.493 e. The molecule has 0 atom stereocenters. The van der Waals surface area contributed by atoms with Gasteiger partial charge in [-0.1, -0.05) is 22.0 Å². The highest BCUT2D eigenvalue weighted by molar-refractivity contribution is 9.10. The molecule has 4 rings (SSSR count). The topological polar surface area (TPSA) is 105 Å². The Bertz CT molecular complexity index is 1310. The van der Waals surface area contributed by atoms with E-state index in [1.807, 2.05) is 6.07 Å². The van der Waals surface area contributed by atoms with Gasteiger partial charge in [-0.2, -0.15) is 5.10 Å². The molecule has 1 aliphatic heterocycles. The van der Waals surface area contributed by atoms with Crippen LogP contribution in [-0.4, -0.2) is 39.4 Å². The minimum absolute atomic E-state index is 0.198. The lowest BCUT2D eigenvalue weighted by molar-refractivity contribution is 0.0733. The summed E-state index contributed by atoms with van der Waals surface area (Å²) in [6, 6.07) is 13.4. The molecule has 1 heterocycles. The van der Waals surface area contributed by atoms with E-state index in [2.05, 4.69) is 26.5 Å². The Morgan fingerprint density at radius 2 is 1.61 bits per heavy atom. The Balaban J connectivity index is 1.51. The number of nitrogens with one attached hydrogen (secondary N) is 1. The third kappa shape index (κ3) is 5.50. The van der Waals surface area contributed by atoms with Crippen LogP contribution in [0.15, 0.2) is 58.1 Å². The van der Waals surface area contributed by atoms with Crippen molar-refractivity contribution in [2.45, 2.75) is 13.2 Å². The van der Waals surface area contributed by atoms with Crippen molar-refractivity contribution in [3.8, 4) is 23.0 Å². The fraction of sp³-hybridized carbons (Fsp3) is 0.192. The smallest absolute Gasteiger partial charge is 0.343 e. The first-order chi connectivity index (χ1) is 17.4. The molecular formula is C26H23BrN2O7. The molecule has 186 valence electrons. The number of rotatable bonds is 8. The Kier molecular flexibility index (Phi) is 7.87. The summed E-state index contributed by atoms with van der Waals surface area (Å²) in [6.45, 7) is 1.04. The Hall–Kier alpha value is -3.89. The number of hydrogen-bond donors (Lipinski definition) is 1. The number of hydrogen-bond acceptors (Lipinski definition) is 8. The van der Waals surface area contributed by atoms with Crippen LogP contribution in [0.25, 0.3) is 0 Å². The summed E-state index contributed by atoms with van der Waals surface area (Å²) in [7, 11) is 4.39. The maximum Gasteiger partial charge on any atom is 0.343 e. The maximum absolute atomic E-state index is 12.9. The fourth-order valence-electron chi connectivity index (χ4n) is 3.61. The standard InChI is InChI=1S/C26H23BrN2O7/c1-32-22-10-17(11-23(33-2)24(22)34-3)26(31)36-21-7-6-20(27)9-18(21)12-28-29-25(30)15-4-5-16-13-35-14-19(16)8-15/h4-12H,13-14H2,1-3H3,(H,29,30). The van der Waals surface area contributed by atoms with Crippen molar-refractivity contribution >= 4 is 34.0 Å². The van der Waals surface area contributed by atoms with E-state index in [0.717, 1.165) is 15.6 Å². The predicted octanol–water partition coefficient (Wildman–Crippen LogP) is 4.49. The second-order valence-corrected chi connectivity index (χ2v) is 8.58. The van der Waals surface area contributed by atoms with Crippen molar-refractivity contribution < 1.29 is 33.3 Å². The van der Waals surface area contributed by atoms with E-state index in [-0.39, 0.29) is 17.2 Å². The molecule has 0 aliphatic carbocycles. The molecule has 0 spiro atoms. The number of hydrazone groups is 1. The summed E-state index contributed by atoms with van der Waals surface area (Å²) in [5.41, 5.74) is 5.69. The normalized spacial score (nSPS) is 12.2. The van der Waals surface area contributed by atoms with Crippen molar-refractivity contribution in [3.05, 3.63) is 80.8 Å². The number of carbonyl (C=O) groups is 2. The number of amides is 1. The number of halogens is 1. The summed E-state index contributed by atoms with van der Waals surface area (Å²) < 4.78 is 27.7. The minimum atomic E-state index is -0.643. The van der Waals surface area contributed by atoms with E-state index in [0.29, 0.717) is 41.6 Å². The molecule has 0 fully saturated rings. The Labute approximate surface area is 216 Å². The van der Waals surface area contributed by atoms with E-state index >= 15 is 0 Å². The molecule has 0 unspecified atom stereocenters. The van der Waals surface area contributed by atoms with Crippen LogP contribution in [0.2, 0.25) is 0 Å². The number of fused-ring (bicyclic) bond motifs is 1. The van der Waals surface area contributed by atoms with Crippen LogP contribution in [0.5, 0.6) is 23.0 Å². The van der Waals surface area contributed by atoms with E-state index < -0.39 is 5.97 Å². The Morgan fingerprint density at radius 1 is 0.889 bits per heavy atom. The summed E-state index contributed by atoms with van der Waals surface area (Å²) in [5, 5.41) is 4.05. The molecule has 0 aromatic heterocycles. The van der Waals surface area contributed by atoms with Gasteiger partial charge in [-0.25, -0.2) is 10.2 Å². The molecule has 0 bridgehead atoms. The third-order valence-corrected chi connectivity index (χ3v) is 5.92. The number of esters is 1.